The topological polar surface area (TPSA) is 60.9 Å². The van der Waals surface area contributed by atoms with Crippen molar-refractivity contribution in [3.63, 3.8) is 0 Å². The molecule has 1 heterocycles. The van der Waals surface area contributed by atoms with Gasteiger partial charge in [0.25, 0.3) is 0 Å². The predicted molar refractivity (Wildman–Crippen MR) is 95.0 cm³/mol. The van der Waals surface area contributed by atoms with E-state index in [2.05, 4.69) is 29.2 Å². The molecule has 4 aromatic rings. The number of carbonyl (C=O) groups excluding carboxylic acids is 1. The zero-order chi connectivity index (χ0) is 16.5. The Morgan fingerprint density at radius 1 is 0.875 bits per heavy atom. The van der Waals surface area contributed by atoms with Crippen molar-refractivity contribution < 1.29 is 4.79 Å². The van der Waals surface area contributed by atoms with Gasteiger partial charge in [-0.3, -0.25) is 9.36 Å². The first kappa shape index (κ1) is 14.2. The van der Waals surface area contributed by atoms with Crippen molar-refractivity contribution in [3.05, 3.63) is 84.7 Å². The molecule has 4 nitrogen and oxygen atoms in total. The summed E-state index contributed by atoms with van der Waals surface area (Å²) in [4.78, 5) is 15.7. The van der Waals surface area contributed by atoms with Gasteiger partial charge in [0.1, 0.15) is 6.33 Å². The summed E-state index contributed by atoms with van der Waals surface area (Å²) in [6, 6.07) is 23.8. The van der Waals surface area contributed by atoms with Crippen molar-refractivity contribution in [2.75, 3.05) is 0 Å². The number of hydrogen-bond acceptors (Lipinski definition) is 2. The molecular weight excluding hydrogens is 298 g/mol. The Labute approximate surface area is 139 Å². The molecule has 24 heavy (non-hydrogen) atoms. The lowest BCUT2D eigenvalue weighted by Gasteiger charge is -2.08. The monoisotopic (exact) mass is 313 g/mol. The summed E-state index contributed by atoms with van der Waals surface area (Å²) in [6.45, 7) is 0. The number of hydrogen-bond donors (Lipinski definition) is 1. The maximum atomic E-state index is 11.3. The average molecular weight is 313 g/mol. The molecule has 116 valence electrons. The van der Waals surface area contributed by atoms with Gasteiger partial charge >= 0.3 is 0 Å². The van der Waals surface area contributed by atoms with Crippen LogP contribution in [0.4, 0.5) is 0 Å². The van der Waals surface area contributed by atoms with Crippen LogP contribution in [0.2, 0.25) is 0 Å². The lowest BCUT2D eigenvalue weighted by molar-refractivity contribution is 0.100. The lowest BCUT2D eigenvalue weighted by Crippen LogP contribution is -2.10. The van der Waals surface area contributed by atoms with Crippen molar-refractivity contribution in [3.8, 4) is 16.8 Å². The SMILES string of the molecule is NC(=O)c1ccc2c(c1)ncn2-c1cccc(-c2ccccc2)c1. The van der Waals surface area contributed by atoms with E-state index in [1.54, 1.807) is 18.5 Å². The van der Waals surface area contributed by atoms with E-state index in [1.165, 1.54) is 5.56 Å². The number of primary amides is 1. The van der Waals surface area contributed by atoms with Gasteiger partial charge in [-0.1, -0.05) is 42.5 Å². The van der Waals surface area contributed by atoms with Crippen molar-refractivity contribution in [2.45, 2.75) is 0 Å². The minimum absolute atomic E-state index is 0.447. The van der Waals surface area contributed by atoms with Crippen LogP contribution in [0.1, 0.15) is 10.4 Å². The third-order valence-electron chi connectivity index (χ3n) is 4.06. The second kappa shape index (κ2) is 5.66. The standard InChI is InChI=1S/C20H15N3O/c21-20(24)16-9-10-19-18(12-16)22-13-23(19)17-8-4-7-15(11-17)14-5-2-1-3-6-14/h1-13H,(H2,21,24). The molecule has 0 spiro atoms. The van der Waals surface area contributed by atoms with Crippen LogP contribution in [0.5, 0.6) is 0 Å². The van der Waals surface area contributed by atoms with Crippen molar-refractivity contribution >= 4 is 16.9 Å². The highest BCUT2D eigenvalue weighted by Gasteiger charge is 2.08. The summed E-state index contributed by atoms with van der Waals surface area (Å²) in [5.41, 5.74) is 10.8. The molecule has 0 unspecified atom stereocenters. The van der Waals surface area contributed by atoms with Crippen LogP contribution < -0.4 is 5.73 Å². The van der Waals surface area contributed by atoms with E-state index in [9.17, 15) is 4.79 Å². The predicted octanol–water partition coefficient (Wildman–Crippen LogP) is 3.79. The summed E-state index contributed by atoms with van der Waals surface area (Å²) >= 11 is 0. The highest BCUT2D eigenvalue weighted by Crippen LogP contribution is 2.24. The number of amides is 1. The average Bonchev–Trinajstić information content (AvgIpc) is 3.06. The van der Waals surface area contributed by atoms with Crippen molar-refractivity contribution in [2.24, 2.45) is 5.73 Å². The molecule has 1 amide bonds. The molecule has 4 heteroatoms. The van der Waals surface area contributed by atoms with E-state index in [4.69, 9.17) is 5.73 Å². The first-order valence-electron chi connectivity index (χ1n) is 7.65. The van der Waals surface area contributed by atoms with Crippen molar-refractivity contribution in [1.82, 2.24) is 9.55 Å². The van der Waals surface area contributed by atoms with Crippen LogP contribution in [0.25, 0.3) is 27.8 Å². The molecule has 0 radical (unpaired) electrons. The molecule has 3 aromatic carbocycles. The highest BCUT2D eigenvalue weighted by molar-refractivity contribution is 5.96. The highest BCUT2D eigenvalue weighted by atomic mass is 16.1. The number of benzene rings is 3. The fourth-order valence-electron chi connectivity index (χ4n) is 2.84. The van der Waals surface area contributed by atoms with Gasteiger partial charge in [0, 0.05) is 11.3 Å². The van der Waals surface area contributed by atoms with Crippen LogP contribution >= 0.6 is 0 Å². The fourth-order valence-corrected chi connectivity index (χ4v) is 2.84. The van der Waals surface area contributed by atoms with Gasteiger partial charge in [-0.15, -0.1) is 0 Å². The third-order valence-corrected chi connectivity index (χ3v) is 4.06. The molecular formula is C20H15N3O. The van der Waals surface area contributed by atoms with E-state index in [0.717, 1.165) is 22.3 Å². The maximum absolute atomic E-state index is 11.3. The number of carbonyl (C=O) groups is 1. The van der Waals surface area contributed by atoms with Gasteiger partial charge in [-0.2, -0.15) is 0 Å². The van der Waals surface area contributed by atoms with Crippen LogP contribution in [0.15, 0.2) is 79.1 Å². The fraction of sp³-hybridized carbons (Fsp3) is 0. The summed E-state index contributed by atoms with van der Waals surface area (Å²) in [5, 5.41) is 0. The maximum Gasteiger partial charge on any atom is 0.248 e. The first-order valence-corrected chi connectivity index (χ1v) is 7.65. The van der Waals surface area contributed by atoms with Gasteiger partial charge in [-0.25, -0.2) is 4.98 Å². The molecule has 2 N–H and O–H groups in total. The minimum atomic E-state index is -0.447. The number of nitrogens with zero attached hydrogens (tertiary/aromatic N) is 2. The van der Waals surface area contributed by atoms with Gasteiger partial charge in [0.05, 0.1) is 11.0 Å². The molecule has 1 aromatic heterocycles. The van der Waals surface area contributed by atoms with E-state index in [-0.39, 0.29) is 0 Å². The number of imidazole rings is 1. The van der Waals surface area contributed by atoms with Gasteiger partial charge in [-0.05, 0) is 41.5 Å². The van der Waals surface area contributed by atoms with Crippen LogP contribution in [0, 0.1) is 0 Å². The molecule has 0 fully saturated rings. The van der Waals surface area contributed by atoms with E-state index in [1.807, 2.05) is 41.0 Å². The second-order valence-corrected chi connectivity index (χ2v) is 5.60. The summed E-state index contributed by atoms with van der Waals surface area (Å²) in [5.74, 6) is -0.447. The molecule has 0 aliphatic heterocycles. The van der Waals surface area contributed by atoms with E-state index < -0.39 is 5.91 Å². The Morgan fingerprint density at radius 3 is 2.46 bits per heavy atom. The number of nitrogens with two attached hydrogens (primary N) is 1. The summed E-state index contributed by atoms with van der Waals surface area (Å²) in [7, 11) is 0. The van der Waals surface area contributed by atoms with Crippen LogP contribution in [-0.2, 0) is 0 Å². The lowest BCUT2D eigenvalue weighted by atomic mass is 10.1. The number of rotatable bonds is 3. The molecule has 4 rings (SSSR count). The zero-order valence-corrected chi connectivity index (χ0v) is 12.9. The molecule has 0 bridgehead atoms. The molecule has 0 aliphatic carbocycles. The second-order valence-electron chi connectivity index (χ2n) is 5.60. The largest absolute Gasteiger partial charge is 0.366 e. The quantitative estimate of drug-likeness (QED) is 0.625. The van der Waals surface area contributed by atoms with Gasteiger partial charge < -0.3 is 5.73 Å². The normalized spacial score (nSPS) is 10.8. The van der Waals surface area contributed by atoms with Gasteiger partial charge in [0.15, 0.2) is 0 Å². The number of fused-ring (bicyclic) bond motifs is 1. The van der Waals surface area contributed by atoms with Gasteiger partial charge in [0.2, 0.25) is 5.91 Å². The zero-order valence-electron chi connectivity index (χ0n) is 12.9. The van der Waals surface area contributed by atoms with Crippen molar-refractivity contribution in [1.29, 1.82) is 0 Å². The Morgan fingerprint density at radius 2 is 1.67 bits per heavy atom. The number of aromatic nitrogens is 2. The molecule has 0 saturated carbocycles. The Bertz CT molecular complexity index is 1040. The summed E-state index contributed by atoms with van der Waals surface area (Å²) in [6.07, 6.45) is 1.76. The minimum Gasteiger partial charge on any atom is -0.366 e. The summed E-state index contributed by atoms with van der Waals surface area (Å²) < 4.78 is 2.01. The van der Waals surface area contributed by atoms with Crippen LogP contribution in [0.3, 0.4) is 0 Å². The third kappa shape index (κ3) is 2.44. The molecule has 0 aliphatic rings. The van der Waals surface area contributed by atoms with Crippen LogP contribution in [-0.4, -0.2) is 15.5 Å². The molecule has 0 atom stereocenters. The Kier molecular flexibility index (Phi) is 3.35. The Hall–Kier alpha value is -3.40. The molecule has 0 saturated heterocycles. The first-order chi connectivity index (χ1) is 11.7. The van der Waals surface area contributed by atoms with E-state index in [0.29, 0.717) is 5.56 Å². The Balaban J connectivity index is 1.82. The smallest absolute Gasteiger partial charge is 0.248 e. The van der Waals surface area contributed by atoms with E-state index >= 15 is 0 Å².